The van der Waals surface area contributed by atoms with Crippen molar-refractivity contribution in [2.24, 2.45) is 5.10 Å². The molecule has 1 aromatic rings. The van der Waals surface area contributed by atoms with Crippen molar-refractivity contribution in [3.63, 3.8) is 0 Å². The van der Waals surface area contributed by atoms with Gasteiger partial charge in [0.05, 0.1) is 20.8 Å². The Kier molecular flexibility index (Phi) is 4.42. The molecule has 0 unspecified atom stereocenters. The molecule has 1 N–H and O–H groups in total. The fraction of sp³-hybridized carbons (Fsp3) is 0.357. The lowest BCUT2D eigenvalue weighted by Crippen LogP contribution is -2.33. The molecular formula is C14H16N2O5. The topological polar surface area (TPSA) is 88.4 Å². The minimum absolute atomic E-state index is 0.00456. The Morgan fingerprint density at radius 3 is 2.62 bits per heavy atom. The Morgan fingerprint density at radius 2 is 2.00 bits per heavy atom. The van der Waals surface area contributed by atoms with E-state index in [4.69, 9.17) is 14.6 Å². The average molecular weight is 292 g/mol. The number of aliphatic carboxylic acids is 1. The van der Waals surface area contributed by atoms with Gasteiger partial charge in [-0.25, -0.2) is 9.80 Å². The maximum atomic E-state index is 11.8. The number of hydrogen-bond acceptors (Lipinski definition) is 5. The van der Waals surface area contributed by atoms with Crippen LogP contribution in [0.15, 0.2) is 23.3 Å². The molecule has 2 rings (SSSR count). The Morgan fingerprint density at radius 1 is 1.29 bits per heavy atom. The van der Waals surface area contributed by atoms with Crippen molar-refractivity contribution in [1.29, 1.82) is 0 Å². The minimum atomic E-state index is -1.10. The van der Waals surface area contributed by atoms with E-state index in [1.807, 2.05) is 0 Å². The first-order valence-corrected chi connectivity index (χ1v) is 6.37. The SMILES string of the molecule is COc1ccc(CN2N=C(C(=O)O)CCC2=O)cc1OC. The molecule has 1 aliphatic rings. The molecule has 0 fully saturated rings. The van der Waals surface area contributed by atoms with Crippen LogP contribution in [0.3, 0.4) is 0 Å². The van der Waals surface area contributed by atoms with E-state index in [1.165, 1.54) is 19.2 Å². The molecule has 7 nitrogen and oxygen atoms in total. The van der Waals surface area contributed by atoms with E-state index in [0.29, 0.717) is 11.5 Å². The fourth-order valence-electron chi connectivity index (χ4n) is 2.03. The first-order chi connectivity index (χ1) is 10.0. The molecule has 1 aliphatic heterocycles. The van der Waals surface area contributed by atoms with Crippen molar-refractivity contribution in [3.8, 4) is 11.5 Å². The van der Waals surface area contributed by atoms with E-state index in [9.17, 15) is 9.59 Å². The normalized spacial score (nSPS) is 14.7. The fourth-order valence-corrected chi connectivity index (χ4v) is 2.03. The van der Waals surface area contributed by atoms with Crippen LogP contribution in [-0.2, 0) is 16.1 Å². The summed E-state index contributed by atoms with van der Waals surface area (Å²) in [5.74, 6) is -0.169. The van der Waals surface area contributed by atoms with Crippen molar-refractivity contribution in [2.45, 2.75) is 19.4 Å². The molecule has 0 aliphatic carbocycles. The van der Waals surface area contributed by atoms with Crippen LogP contribution in [0.2, 0.25) is 0 Å². The summed E-state index contributed by atoms with van der Waals surface area (Å²) >= 11 is 0. The number of carbonyl (C=O) groups excluding carboxylic acids is 1. The van der Waals surface area contributed by atoms with Crippen LogP contribution in [0.5, 0.6) is 11.5 Å². The highest BCUT2D eigenvalue weighted by Gasteiger charge is 2.24. The summed E-state index contributed by atoms with van der Waals surface area (Å²) in [6.45, 7) is 0.190. The Labute approximate surface area is 121 Å². The zero-order chi connectivity index (χ0) is 15.4. The van der Waals surface area contributed by atoms with Crippen LogP contribution in [0.4, 0.5) is 0 Å². The quantitative estimate of drug-likeness (QED) is 0.882. The summed E-state index contributed by atoms with van der Waals surface area (Å²) < 4.78 is 10.3. The molecule has 0 saturated heterocycles. The van der Waals surface area contributed by atoms with Gasteiger partial charge in [-0.1, -0.05) is 6.07 Å². The number of methoxy groups -OCH3 is 2. The highest BCUT2D eigenvalue weighted by atomic mass is 16.5. The smallest absolute Gasteiger partial charge is 0.352 e. The van der Waals surface area contributed by atoms with E-state index >= 15 is 0 Å². The molecule has 0 radical (unpaired) electrons. The van der Waals surface area contributed by atoms with Crippen LogP contribution in [-0.4, -0.2) is 41.9 Å². The van der Waals surface area contributed by atoms with Gasteiger partial charge in [-0.2, -0.15) is 5.10 Å². The monoisotopic (exact) mass is 292 g/mol. The third-order valence-electron chi connectivity index (χ3n) is 3.13. The second kappa shape index (κ2) is 6.25. The molecule has 7 heteroatoms. The second-order valence-electron chi connectivity index (χ2n) is 4.49. The van der Waals surface area contributed by atoms with E-state index in [-0.39, 0.29) is 31.0 Å². The lowest BCUT2D eigenvalue weighted by molar-refractivity contribution is -0.133. The van der Waals surface area contributed by atoms with Gasteiger partial charge in [0.15, 0.2) is 11.5 Å². The Bertz CT molecular complexity index is 597. The molecular weight excluding hydrogens is 276 g/mol. The molecule has 0 atom stereocenters. The van der Waals surface area contributed by atoms with Gasteiger partial charge in [0.25, 0.3) is 0 Å². The Balaban J connectivity index is 2.22. The van der Waals surface area contributed by atoms with Gasteiger partial charge in [-0.15, -0.1) is 0 Å². The predicted molar refractivity (Wildman–Crippen MR) is 74.4 cm³/mol. The summed E-state index contributed by atoms with van der Waals surface area (Å²) in [5, 5.41) is 14.0. The number of carbonyl (C=O) groups is 2. The van der Waals surface area contributed by atoms with Crippen molar-refractivity contribution in [3.05, 3.63) is 23.8 Å². The van der Waals surface area contributed by atoms with Crippen LogP contribution < -0.4 is 9.47 Å². The van der Waals surface area contributed by atoms with Crippen molar-refractivity contribution < 1.29 is 24.2 Å². The van der Waals surface area contributed by atoms with E-state index in [0.717, 1.165) is 5.56 Å². The summed E-state index contributed by atoms with van der Waals surface area (Å²) in [6.07, 6.45) is 0.315. The number of ether oxygens (including phenoxy) is 2. The molecule has 0 saturated carbocycles. The van der Waals surface area contributed by atoms with Crippen molar-refractivity contribution in [1.82, 2.24) is 5.01 Å². The highest BCUT2D eigenvalue weighted by molar-refractivity contribution is 6.36. The molecule has 1 heterocycles. The largest absolute Gasteiger partial charge is 0.493 e. The summed E-state index contributed by atoms with van der Waals surface area (Å²) in [6, 6.07) is 5.24. The third-order valence-corrected chi connectivity index (χ3v) is 3.13. The molecule has 0 bridgehead atoms. The summed E-state index contributed by atoms with van der Waals surface area (Å²) in [4.78, 5) is 22.8. The zero-order valence-corrected chi connectivity index (χ0v) is 11.8. The summed E-state index contributed by atoms with van der Waals surface area (Å²) in [7, 11) is 3.06. The standard InChI is InChI=1S/C14H16N2O5/c1-20-11-5-3-9(7-12(11)21-2)8-16-13(17)6-4-10(15-16)14(18)19/h3,5,7H,4,6,8H2,1-2H3,(H,18,19). The van der Waals surface area contributed by atoms with Gasteiger partial charge in [0.2, 0.25) is 5.91 Å². The molecule has 1 aromatic carbocycles. The highest BCUT2D eigenvalue weighted by Crippen LogP contribution is 2.28. The zero-order valence-electron chi connectivity index (χ0n) is 11.8. The number of rotatable bonds is 5. The van der Waals surface area contributed by atoms with Crippen LogP contribution in [0, 0.1) is 0 Å². The third kappa shape index (κ3) is 3.31. The van der Waals surface area contributed by atoms with Gasteiger partial charge in [0, 0.05) is 12.8 Å². The number of carboxylic acid groups (broad SMARTS) is 1. The molecule has 0 spiro atoms. The molecule has 1 amide bonds. The number of carboxylic acids is 1. The van der Waals surface area contributed by atoms with Crippen molar-refractivity contribution in [2.75, 3.05) is 14.2 Å². The summed E-state index contributed by atoms with van der Waals surface area (Å²) in [5.41, 5.74) is 0.770. The Hall–Kier alpha value is -2.57. The number of nitrogens with zero attached hydrogens (tertiary/aromatic N) is 2. The lowest BCUT2D eigenvalue weighted by Gasteiger charge is -2.22. The average Bonchev–Trinajstić information content (AvgIpc) is 2.49. The lowest BCUT2D eigenvalue weighted by atomic mass is 10.1. The van der Waals surface area contributed by atoms with Gasteiger partial charge in [0.1, 0.15) is 5.71 Å². The van der Waals surface area contributed by atoms with Crippen LogP contribution >= 0.6 is 0 Å². The number of benzene rings is 1. The number of amides is 1. The van der Waals surface area contributed by atoms with Gasteiger partial charge in [-0.3, -0.25) is 4.79 Å². The molecule has 112 valence electrons. The molecule has 21 heavy (non-hydrogen) atoms. The van der Waals surface area contributed by atoms with Gasteiger partial charge >= 0.3 is 5.97 Å². The predicted octanol–water partition coefficient (Wildman–Crippen LogP) is 1.27. The first-order valence-electron chi connectivity index (χ1n) is 6.37. The van der Waals surface area contributed by atoms with Crippen LogP contribution in [0.25, 0.3) is 0 Å². The maximum Gasteiger partial charge on any atom is 0.352 e. The van der Waals surface area contributed by atoms with E-state index in [1.54, 1.807) is 18.2 Å². The van der Waals surface area contributed by atoms with Gasteiger partial charge < -0.3 is 14.6 Å². The van der Waals surface area contributed by atoms with E-state index in [2.05, 4.69) is 5.10 Å². The number of hydrazone groups is 1. The second-order valence-corrected chi connectivity index (χ2v) is 4.49. The molecule has 0 aromatic heterocycles. The first kappa shape index (κ1) is 14.8. The van der Waals surface area contributed by atoms with Gasteiger partial charge in [-0.05, 0) is 17.7 Å². The van der Waals surface area contributed by atoms with Crippen LogP contribution in [0.1, 0.15) is 18.4 Å². The minimum Gasteiger partial charge on any atom is -0.493 e. The van der Waals surface area contributed by atoms with E-state index < -0.39 is 5.97 Å². The maximum absolute atomic E-state index is 11.8. The van der Waals surface area contributed by atoms with Crippen molar-refractivity contribution >= 4 is 17.6 Å². The number of hydrogen-bond donors (Lipinski definition) is 1.